The Bertz CT molecular complexity index is 878. The maximum Gasteiger partial charge on any atom is 0.307 e. The van der Waals surface area contributed by atoms with E-state index < -0.39 is 0 Å². The van der Waals surface area contributed by atoms with Crippen LogP contribution in [0.4, 0.5) is 5.69 Å². The van der Waals surface area contributed by atoms with Crippen molar-refractivity contribution in [3.63, 3.8) is 0 Å². The number of halogens is 2. The van der Waals surface area contributed by atoms with Crippen LogP contribution in [0.2, 0.25) is 0 Å². The fraction of sp³-hybridized carbons (Fsp3) is 0.0588. The van der Waals surface area contributed by atoms with Crippen molar-refractivity contribution in [2.45, 2.75) is 0 Å². The lowest BCUT2D eigenvalue weighted by Gasteiger charge is -2.07. The van der Waals surface area contributed by atoms with Gasteiger partial charge in [0.1, 0.15) is 5.58 Å². The molecule has 122 valence electrons. The molecule has 2 N–H and O–H groups in total. The van der Waals surface area contributed by atoms with E-state index in [0.717, 1.165) is 23.8 Å². The largest absolute Gasteiger partial charge is 0.451 e. The minimum Gasteiger partial charge on any atom is -0.451 e. The zero-order valence-corrected chi connectivity index (χ0v) is 17.0. The number of para-hydroxylation sites is 1. The maximum absolute atomic E-state index is 12.1. The average molecular weight is 545 g/mol. The summed E-state index contributed by atoms with van der Waals surface area (Å²) in [6.45, 7) is 0. The van der Waals surface area contributed by atoms with Crippen LogP contribution in [0.5, 0.6) is 0 Å². The third-order valence-corrected chi connectivity index (χ3v) is 5.05. The van der Waals surface area contributed by atoms with E-state index in [1.165, 1.54) is 0 Å². The summed E-state index contributed by atoms with van der Waals surface area (Å²) >= 11 is 4.53. The molecule has 2 aromatic carbocycles. The molecule has 5 nitrogen and oxygen atoms in total. The number of nitrogens with zero attached hydrogens (tertiary/aromatic N) is 1. The van der Waals surface area contributed by atoms with Crippen molar-refractivity contribution < 1.29 is 9.21 Å². The van der Waals surface area contributed by atoms with Crippen molar-refractivity contribution in [2.75, 3.05) is 12.4 Å². The molecule has 1 aromatic heterocycles. The lowest BCUT2D eigenvalue weighted by atomic mass is 10.2. The molecule has 0 saturated carbocycles. The van der Waals surface area contributed by atoms with Crippen LogP contribution in [0.3, 0.4) is 0 Å². The van der Waals surface area contributed by atoms with E-state index in [1.807, 2.05) is 43.4 Å². The summed E-state index contributed by atoms with van der Waals surface area (Å²) in [6, 6.07) is 13.2. The molecule has 0 saturated heterocycles. The van der Waals surface area contributed by atoms with Crippen LogP contribution in [0.1, 0.15) is 16.1 Å². The Labute approximate surface area is 166 Å². The Morgan fingerprint density at radius 2 is 1.88 bits per heavy atom. The van der Waals surface area contributed by atoms with Gasteiger partial charge in [-0.3, -0.25) is 4.79 Å². The topological polar surface area (TPSA) is 66.6 Å². The summed E-state index contributed by atoms with van der Waals surface area (Å²) in [5.74, 6) is -0.137. The van der Waals surface area contributed by atoms with Crippen LogP contribution in [-0.4, -0.2) is 19.2 Å². The zero-order chi connectivity index (χ0) is 17.1. The van der Waals surface area contributed by atoms with E-state index in [4.69, 9.17) is 4.42 Å². The molecule has 0 radical (unpaired) electrons. The van der Waals surface area contributed by atoms with Gasteiger partial charge in [0.15, 0.2) is 5.76 Å². The molecule has 3 rings (SSSR count). The van der Waals surface area contributed by atoms with E-state index in [1.54, 1.807) is 12.3 Å². The zero-order valence-electron chi connectivity index (χ0n) is 12.6. The van der Waals surface area contributed by atoms with E-state index in [2.05, 4.69) is 61.0 Å². The SMILES string of the molecule is CNc1c(I)cc(/C=N/NC(=O)c2cc3ccccc3o2)cc1I. The number of fused-ring (bicyclic) bond motifs is 1. The lowest BCUT2D eigenvalue weighted by molar-refractivity contribution is 0.0929. The molecular formula is C17H13I2N3O2. The molecule has 7 heteroatoms. The highest BCUT2D eigenvalue weighted by atomic mass is 127. The number of hydrogen-bond donors (Lipinski definition) is 2. The van der Waals surface area contributed by atoms with Crippen molar-refractivity contribution in [3.8, 4) is 0 Å². The number of carbonyl (C=O) groups excluding carboxylic acids is 1. The van der Waals surface area contributed by atoms with Crippen LogP contribution in [0.25, 0.3) is 11.0 Å². The number of amides is 1. The molecular weight excluding hydrogens is 532 g/mol. The highest BCUT2D eigenvalue weighted by Gasteiger charge is 2.11. The summed E-state index contributed by atoms with van der Waals surface area (Å²) in [6.07, 6.45) is 1.62. The van der Waals surface area contributed by atoms with Gasteiger partial charge in [-0.1, -0.05) is 18.2 Å². The monoisotopic (exact) mass is 545 g/mol. The molecule has 0 aliphatic rings. The van der Waals surface area contributed by atoms with Gasteiger partial charge in [0.2, 0.25) is 0 Å². The summed E-state index contributed by atoms with van der Waals surface area (Å²) in [7, 11) is 1.89. The molecule has 0 spiro atoms. The highest BCUT2D eigenvalue weighted by Crippen LogP contribution is 2.25. The first kappa shape index (κ1) is 17.2. The molecule has 0 atom stereocenters. The number of benzene rings is 2. The summed E-state index contributed by atoms with van der Waals surface area (Å²) in [5, 5.41) is 8.06. The van der Waals surface area contributed by atoms with Gasteiger partial charge in [-0.25, -0.2) is 5.43 Å². The van der Waals surface area contributed by atoms with Crippen LogP contribution >= 0.6 is 45.2 Å². The van der Waals surface area contributed by atoms with Crippen molar-refractivity contribution >= 4 is 74.0 Å². The molecule has 0 bridgehead atoms. The third-order valence-electron chi connectivity index (χ3n) is 3.34. The summed E-state index contributed by atoms with van der Waals surface area (Å²) in [5.41, 5.74) is 5.16. The highest BCUT2D eigenvalue weighted by molar-refractivity contribution is 14.1. The number of carbonyl (C=O) groups is 1. The van der Waals surface area contributed by atoms with Gasteiger partial charge in [0.05, 0.1) is 11.9 Å². The molecule has 1 amide bonds. The summed E-state index contributed by atoms with van der Waals surface area (Å²) < 4.78 is 7.68. The fourth-order valence-electron chi connectivity index (χ4n) is 2.22. The Morgan fingerprint density at radius 1 is 1.17 bits per heavy atom. The van der Waals surface area contributed by atoms with Crippen molar-refractivity contribution in [1.29, 1.82) is 0 Å². The number of rotatable bonds is 4. The third kappa shape index (κ3) is 3.72. The normalized spacial score (nSPS) is 11.1. The summed E-state index contributed by atoms with van der Waals surface area (Å²) in [4.78, 5) is 12.1. The van der Waals surface area contributed by atoms with Crippen molar-refractivity contribution in [3.05, 3.63) is 60.9 Å². The van der Waals surface area contributed by atoms with Gasteiger partial charge >= 0.3 is 5.91 Å². The van der Waals surface area contributed by atoms with E-state index >= 15 is 0 Å². The van der Waals surface area contributed by atoms with Gasteiger partial charge in [-0.05, 0) is 75.0 Å². The fourth-order valence-corrected chi connectivity index (χ4v) is 4.58. The van der Waals surface area contributed by atoms with Crippen LogP contribution in [-0.2, 0) is 0 Å². The lowest BCUT2D eigenvalue weighted by Crippen LogP contribution is -2.16. The molecule has 3 aromatic rings. The van der Waals surface area contributed by atoms with Gasteiger partial charge in [-0.2, -0.15) is 5.10 Å². The quantitative estimate of drug-likeness (QED) is 0.290. The smallest absolute Gasteiger partial charge is 0.307 e. The second kappa shape index (κ2) is 7.51. The molecule has 24 heavy (non-hydrogen) atoms. The molecule has 0 aliphatic heterocycles. The van der Waals surface area contributed by atoms with E-state index in [9.17, 15) is 4.79 Å². The Morgan fingerprint density at radius 3 is 2.54 bits per heavy atom. The van der Waals surface area contributed by atoms with E-state index in [-0.39, 0.29) is 11.7 Å². The van der Waals surface area contributed by atoms with Crippen LogP contribution in [0, 0.1) is 7.14 Å². The Balaban J connectivity index is 1.73. The molecule has 1 heterocycles. The minimum atomic E-state index is -0.376. The predicted octanol–water partition coefficient (Wildman–Crippen LogP) is 4.45. The first-order valence-corrected chi connectivity index (χ1v) is 9.23. The van der Waals surface area contributed by atoms with Gasteiger partial charge < -0.3 is 9.73 Å². The van der Waals surface area contributed by atoms with Gasteiger partial charge in [-0.15, -0.1) is 0 Å². The maximum atomic E-state index is 12.1. The first-order valence-electron chi connectivity index (χ1n) is 7.07. The van der Waals surface area contributed by atoms with Crippen LogP contribution < -0.4 is 10.7 Å². The Kier molecular flexibility index (Phi) is 5.39. The molecule has 0 aliphatic carbocycles. The standard InChI is InChI=1S/C17H13I2N3O2/c1-20-16-12(18)6-10(7-13(16)19)9-21-22-17(23)15-8-11-4-2-3-5-14(11)24-15/h2-9,20H,1H3,(H,22,23)/b21-9+. The number of furan rings is 1. The van der Waals surface area contributed by atoms with Crippen molar-refractivity contribution in [1.82, 2.24) is 5.43 Å². The second-order valence-electron chi connectivity index (χ2n) is 4.96. The van der Waals surface area contributed by atoms with E-state index in [0.29, 0.717) is 5.58 Å². The number of hydrogen-bond acceptors (Lipinski definition) is 4. The first-order chi connectivity index (χ1) is 11.6. The Hall–Kier alpha value is -1.62. The predicted molar refractivity (Wildman–Crippen MR) is 113 cm³/mol. The number of hydrazone groups is 1. The second-order valence-corrected chi connectivity index (χ2v) is 7.28. The minimum absolute atomic E-state index is 0.239. The number of anilines is 1. The number of nitrogens with one attached hydrogen (secondary N) is 2. The van der Waals surface area contributed by atoms with Crippen LogP contribution in [0.15, 0.2) is 52.0 Å². The van der Waals surface area contributed by atoms with Gasteiger partial charge in [0.25, 0.3) is 0 Å². The van der Waals surface area contributed by atoms with Gasteiger partial charge in [0, 0.05) is 19.6 Å². The molecule has 0 fully saturated rings. The average Bonchev–Trinajstić information content (AvgIpc) is 2.98. The van der Waals surface area contributed by atoms with Crippen molar-refractivity contribution in [2.24, 2.45) is 5.10 Å². The molecule has 0 unspecified atom stereocenters.